The highest BCUT2D eigenvalue weighted by molar-refractivity contribution is 6.01. The molecule has 4 rings (SSSR count). The molecular weight excluding hydrogens is 262 g/mol. The number of nitrogens with two attached hydrogens (primary N) is 2. The summed E-state index contributed by atoms with van der Waals surface area (Å²) < 4.78 is 5.62. The standard InChI is InChI=1S/C17H17N3O/c18-14-13-7-8-20-15(16(13)21-17(14)19)12-6-2-5-11(9-12)10-3-1-4-10/h2,5-10H,1,3-4,18-19H2. The van der Waals surface area contributed by atoms with Crippen molar-refractivity contribution in [3.8, 4) is 11.3 Å². The zero-order valence-electron chi connectivity index (χ0n) is 11.7. The van der Waals surface area contributed by atoms with Crippen LogP contribution >= 0.6 is 0 Å². The van der Waals surface area contributed by atoms with Crippen molar-refractivity contribution in [3.63, 3.8) is 0 Å². The zero-order chi connectivity index (χ0) is 14.4. The molecule has 21 heavy (non-hydrogen) atoms. The van der Waals surface area contributed by atoms with Crippen LogP contribution in [0.15, 0.2) is 40.9 Å². The molecule has 2 heterocycles. The van der Waals surface area contributed by atoms with Gasteiger partial charge in [-0.2, -0.15) is 0 Å². The highest BCUT2D eigenvalue weighted by atomic mass is 16.3. The van der Waals surface area contributed by atoms with Crippen LogP contribution in [0, 0.1) is 0 Å². The van der Waals surface area contributed by atoms with Crippen molar-refractivity contribution in [2.75, 3.05) is 11.5 Å². The Labute approximate surface area is 122 Å². The first-order chi connectivity index (χ1) is 10.2. The molecule has 4 N–H and O–H groups in total. The zero-order valence-corrected chi connectivity index (χ0v) is 11.7. The SMILES string of the molecule is Nc1oc2c(-c3cccc(C4CCC4)c3)nccc2c1N. The number of hydrogen-bond donors (Lipinski definition) is 2. The van der Waals surface area contributed by atoms with Crippen molar-refractivity contribution in [3.05, 3.63) is 42.1 Å². The molecule has 0 aliphatic heterocycles. The van der Waals surface area contributed by atoms with Crippen LogP contribution in [0.4, 0.5) is 11.6 Å². The van der Waals surface area contributed by atoms with E-state index >= 15 is 0 Å². The Bertz CT molecular complexity index is 818. The molecule has 0 saturated heterocycles. The fourth-order valence-corrected chi connectivity index (χ4v) is 2.95. The van der Waals surface area contributed by atoms with E-state index < -0.39 is 0 Å². The molecule has 1 aromatic carbocycles. The largest absolute Gasteiger partial charge is 0.436 e. The average Bonchev–Trinajstić information content (AvgIpc) is 2.73. The molecule has 0 bridgehead atoms. The molecule has 0 spiro atoms. The molecule has 0 amide bonds. The van der Waals surface area contributed by atoms with E-state index in [0.717, 1.165) is 16.6 Å². The summed E-state index contributed by atoms with van der Waals surface area (Å²) in [6.07, 6.45) is 5.64. The number of fused-ring (bicyclic) bond motifs is 1. The van der Waals surface area contributed by atoms with Gasteiger partial charge in [-0.25, -0.2) is 0 Å². The fraction of sp³-hybridized carbons (Fsp3) is 0.235. The van der Waals surface area contributed by atoms with Gasteiger partial charge in [0.05, 0.1) is 0 Å². The number of furan rings is 1. The Balaban J connectivity index is 1.88. The molecule has 106 valence electrons. The minimum absolute atomic E-state index is 0.259. The van der Waals surface area contributed by atoms with Gasteiger partial charge >= 0.3 is 0 Å². The summed E-state index contributed by atoms with van der Waals surface area (Å²) in [5.41, 5.74) is 16.1. The summed E-state index contributed by atoms with van der Waals surface area (Å²) in [5, 5.41) is 0.826. The molecule has 4 heteroatoms. The van der Waals surface area contributed by atoms with Gasteiger partial charge in [0.25, 0.3) is 0 Å². The predicted molar refractivity (Wildman–Crippen MR) is 84.9 cm³/mol. The maximum absolute atomic E-state index is 5.95. The molecule has 0 unspecified atom stereocenters. The van der Waals surface area contributed by atoms with Gasteiger partial charge in [0.2, 0.25) is 5.88 Å². The molecule has 1 saturated carbocycles. The molecule has 4 nitrogen and oxygen atoms in total. The molecule has 2 aromatic heterocycles. The van der Waals surface area contributed by atoms with E-state index in [2.05, 4.69) is 29.2 Å². The summed E-state index contributed by atoms with van der Waals surface area (Å²) in [6, 6.07) is 10.4. The van der Waals surface area contributed by atoms with E-state index in [1.165, 1.54) is 24.8 Å². The lowest BCUT2D eigenvalue weighted by atomic mass is 9.79. The van der Waals surface area contributed by atoms with E-state index in [0.29, 0.717) is 17.2 Å². The Hall–Kier alpha value is -2.49. The minimum Gasteiger partial charge on any atom is -0.436 e. The van der Waals surface area contributed by atoms with Crippen LogP contribution in [0.2, 0.25) is 0 Å². The first-order valence-corrected chi connectivity index (χ1v) is 7.27. The van der Waals surface area contributed by atoms with E-state index in [4.69, 9.17) is 15.9 Å². The molecule has 0 atom stereocenters. The molecule has 3 aromatic rings. The van der Waals surface area contributed by atoms with Crippen molar-refractivity contribution in [1.29, 1.82) is 0 Å². The van der Waals surface area contributed by atoms with Gasteiger partial charge < -0.3 is 15.9 Å². The van der Waals surface area contributed by atoms with Gasteiger partial charge in [-0.05, 0) is 36.5 Å². The van der Waals surface area contributed by atoms with Crippen LogP contribution in [-0.2, 0) is 0 Å². The first kappa shape index (κ1) is 12.3. The van der Waals surface area contributed by atoms with Gasteiger partial charge in [-0.1, -0.05) is 24.6 Å². The highest BCUT2D eigenvalue weighted by Crippen LogP contribution is 2.39. The molecule has 1 aliphatic rings. The Kier molecular flexibility index (Phi) is 2.64. The Morgan fingerprint density at radius 1 is 1.14 bits per heavy atom. The Morgan fingerprint density at radius 2 is 2.00 bits per heavy atom. The monoisotopic (exact) mass is 279 g/mol. The minimum atomic E-state index is 0.259. The average molecular weight is 279 g/mol. The molecule has 1 aliphatic carbocycles. The number of nitrogen functional groups attached to an aromatic ring is 2. The first-order valence-electron chi connectivity index (χ1n) is 7.27. The third kappa shape index (κ3) is 1.87. The third-order valence-corrected chi connectivity index (χ3v) is 4.41. The number of hydrogen-bond acceptors (Lipinski definition) is 4. The van der Waals surface area contributed by atoms with Gasteiger partial charge in [-0.3, -0.25) is 4.98 Å². The second-order valence-electron chi connectivity index (χ2n) is 5.67. The summed E-state index contributed by atoms with van der Waals surface area (Å²) >= 11 is 0. The summed E-state index contributed by atoms with van der Waals surface area (Å²) in [7, 11) is 0. The second-order valence-corrected chi connectivity index (χ2v) is 5.67. The fourth-order valence-electron chi connectivity index (χ4n) is 2.95. The summed E-state index contributed by atoms with van der Waals surface area (Å²) in [4.78, 5) is 4.47. The molecule has 0 radical (unpaired) electrons. The lowest BCUT2D eigenvalue weighted by Gasteiger charge is -2.26. The lowest BCUT2D eigenvalue weighted by molar-refractivity contribution is 0.420. The van der Waals surface area contributed by atoms with E-state index in [1.807, 2.05) is 6.07 Å². The van der Waals surface area contributed by atoms with Gasteiger partial charge in [-0.15, -0.1) is 0 Å². The summed E-state index contributed by atoms with van der Waals surface area (Å²) in [5.74, 6) is 0.949. The maximum atomic E-state index is 5.95. The van der Waals surface area contributed by atoms with Crippen LogP contribution in [0.1, 0.15) is 30.7 Å². The number of anilines is 2. The van der Waals surface area contributed by atoms with E-state index in [-0.39, 0.29) is 5.88 Å². The molecule has 1 fully saturated rings. The summed E-state index contributed by atoms with van der Waals surface area (Å²) in [6.45, 7) is 0. The van der Waals surface area contributed by atoms with E-state index in [1.54, 1.807) is 6.20 Å². The van der Waals surface area contributed by atoms with E-state index in [9.17, 15) is 0 Å². The predicted octanol–water partition coefficient (Wildman–Crippen LogP) is 3.93. The van der Waals surface area contributed by atoms with Crippen LogP contribution in [0.25, 0.3) is 22.2 Å². The topological polar surface area (TPSA) is 78.1 Å². The van der Waals surface area contributed by atoms with Crippen LogP contribution in [0.5, 0.6) is 0 Å². The van der Waals surface area contributed by atoms with Crippen molar-refractivity contribution in [1.82, 2.24) is 4.98 Å². The Morgan fingerprint density at radius 3 is 2.76 bits per heavy atom. The number of aromatic nitrogens is 1. The number of rotatable bonds is 2. The van der Waals surface area contributed by atoms with Crippen LogP contribution < -0.4 is 11.5 Å². The number of benzene rings is 1. The normalized spacial score (nSPS) is 15.2. The van der Waals surface area contributed by atoms with Crippen LogP contribution in [0.3, 0.4) is 0 Å². The van der Waals surface area contributed by atoms with Crippen LogP contribution in [-0.4, -0.2) is 4.98 Å². The quantitative estimate of drug-likeness (QED) is 0.745. The lowest BCUT2D eigenvalue weighted by Crippen LogP contribution is -2.08. The smallest absolute Gasteiger partial charge is 0.214 e. The number of pyridine rings is 1. The van der Waals surface area contributed by atoms with Crippen molar-refractivity contribution >= 4 is 22.5 Å². The van der Waals surface area contributed by atoms with Gasteiger partial charge in [0.1, 0.15) is 11.4 Å². The van der Waals surface area contributed by atoms with Gasteiger partial charge in [0, 0.05) is 17.1 Å². The van der Waals surface area contributed by atoms with Crippen molar-refractivity contribution in [2.24, 2.45) is 0 Å². The third-order valence-electron chi connectivity index (χ3n) is 4.41. The maximum Gasteiger partial charge on any atom is 0.214 e. The van der Waals surface area contributed by atoms with Crippen molar-refractivity contribution in [2.45, 2.75) is 25.2 Å². The van der Waals surface area contributed by atoms with Crippen molar-refractivity contribution < 1.29 is 4.42 Å². The molecular formula is C17H17N3O. The number of nitrogens with zero attached hydrogens (tertiary/aromatic N) is 1. The van der Waals surface area contributed by atoms with Gasteiger partial charge in [0.15, 0.2) is 5.58 Å². The highest BCUT2D eigenvalue weighted by Gasteiger charge is 2.20. The second kappa shape index (κ2) is 4.52.